The summed E-state index contributed by atoms with van der Waals surface area (Å²) >= 11 is 0. The smallest absolute Gasteiger partial charge is 0.237 e. The Morgan fingerprint density at radius 1 is 1.33 bits per heavy atom. The van der Waals surface area contributed by atoms with Crippen LogP contribution in [0.3, 0.4) is 0 Å². The molecule has 0 aromatic carbocycles. The van der Waals surface area contributed by atoms with Crippen molar-refractivity contribution in [3.05, 3.63) is 28.7 Å². The number of carbonyl (C=O) groups excluding carboxylic acids is 1. The van der Waals surface area contributed by atoms with Gasteiger partial charge in [0.15, 0.2) is 0 Å². The predicted octanol–water partition coefficient (Wildman–Crippen LogP) is -0.813. The molecule has 7 heteroatoms. The van der Waals surface area contributed by atoms with Crippen molar-refractivity contribution in [2.75, 3.05) is 26.3 Å². The Morgan fingerprint density at radius 3 is 2.56 bits per heavy atom. The average molecular weight is 270 g/mol. The third kappa shape index (κ3) is 2.77. The Kier molecular flexibility index (Phi) is 3.79. The van der Waals surface area contributed by atoms with E-state index in [9.17, 15) is 13.2 Å². The van der Waals surface area contributed by atoms with Gasteiger partial charge in [-0.15, -0.1) is 0 Å². The highest BCUT2D eigenvalue weighted by atomic mass is 32.2. The molecule has 18 heavy (non-hydrogen) atoms. The molecule has 0 aromatic rings. The van der Waals surface area contributed by atoms with Gasteiger partial charge in [0.25, 0.3) is 0 Å². The predicted molar refractivity (Wildman–Crippen MR) is 65.7 cm³/mol. The molecule has 2 rings (SSSR count). The minimum atomic E-state index is -3.76. The Labute approximate surface area is 105 Å². The van der Waals surface area contributed by atoms with E-state index in [0.717, 1.165) is 0 Å². The Bertz CT molecular complexity index is 537. The van der Waals surface area contributed by atoms with Crippen molar-refractivity contribution in [2.24, 2.45) is 5.14 Å². The molecule has 1 atom stereocenters. The molecule has 98 valence electrons. The highest BCUT2D eigenvalue weighted by Crippen LogP contribution is 2.22. The van der Waals surface area contributed by atoms with Crippen LogP contribution in [0.4, 0.5) is 0 Å². The van der Waals surface area contributed by atoms with Gasteiger partial charge in [0.1, 0.15) is 5.94 Å². The Hall–Kier alpha value is -1.24. The monoisotopic (exact) mass is 270 g/mol. The third-order valence-corrected chi connectivity index (χ3v) is 3.88. The molecule has 6 nitrogen and oxygen atoms in total. The molecule has 2 aliphatic rings. The molecule has 0 aromatic heterocycles. The number of primary sulfonamides is 1. The fourth-order valence-electron chi connectivity index (χ4n) is 2.01. The van der Waals surface area contributed by atoms with E-state index in [0.29, 0.717) is 31.9 Å². The highest BCUT2D eigenvalue weighted by molar-refractivity contribution is 7.93. The molecule has 1 unspecified atom stereocenters. The Balaban J connectivity index is 2.32. The normalized spacial score (nSPS) is 25.7. The summed E-state index contributed by atoms with van der Waals surface area (Å²) < 4.78 is 27.9. The van der Waals surface area contributed by atoms with Crippen LogP contribution in [-0.4, -0.2) is 51.6 Å². The van der Waals surface area contributed by atoms with Crippen molar-refractivity contribution >= 4 is 16.0 Å². The second-order valence-electron chi connectivity index (χ2n) is 4.10. The van der Waals surface area contributed by atoms with E-state index in [4.69, 9.17) is 9.88 Å². The summed E-state index contributed by atoms with van der Waals surface area (Å²) in [5.74, 6) is 1.84. The van der Waals surface area contributed by atoms with Gasteiger partial charge in [0.2, 0.25) is 10.0 Å². The largest absolute Gasteiger partial charge is 0.379 e. The van der Waals surface area contributed by atoms with E-state index in [-0.39, 0.29) is 4.91 Å². The summed E-state index contributed by atoms with van der Waals surface area (Å²) in [5.41, 5.74) is 0.407. The van der Waals surface area contributed by atoms with E-state index in [1.165, 1.54) is 18.2 Å². The molecule has 2 N–H and O–H groups in total. The molecule has 0 bridgehead atoms. The van der Waals surface area contributed by atoms with Crippen molar-refractivity contribution < 1.29 is 17.9 Å². The van der Waals surface area contributed by atoms with Crippen LogP contribution in [-0.2, 0) is 19.6 Å². The van der Waals surface area contributed by atoms with Crippen LogP contribution in [0.1, 0.15) is 0 Å². The van der Waals surface area contributed by atoms with Gasteiger partial charge in [-0.2, -0.15) is 0 Å². The minimum Gasteiger partial charge on any atom is -0.379 e. The quantitative estimate of drug-likeness (QED) is 0.663. The Morgan fingerprint density at radius 2 is 2.00 bits per heavy atom. The summed E-state index contributed by atoms with van der Waals surface area (Å²) in [6.45, 7) is 2.39. The molecule has 1 aliphatic heterocycles. The van der Waals surface area contributed by atoms with Gasteiger partial charge in [-0.25, -0.2) is 18.4 Å². The number of rotatable bonds is 2. The summed E-state index contributed by atoms with van der Waals surface area (Å²) in [6, 6.07) is -0.398. The van der Waals surface area contributed by atoms with Gasteiger partial charge >= 0.3 is 0 Å². The van der Waals surface area contributed by atoms with Crippen LogP contribution in [0.2, 0.25) is 0 Å². The molecule has 0 radical (unpaired) electrons. The first-order chi connectivity index (χ1) is 8.52. The van der Waals surface area contributed by atoms with E-state index >= 15 is 0 Å². The zero-order chi connectivity index (χ0) is 13.2. The van der Waals surface area contributed by atoms with Crippen molar-refractivity contribution in [1.82, 2.24) is 4.90 Å². The number of hydrogen-bond donors (Lipinski definition) is 1. The zero-order valence-electron chi connectivity index (χ0n) is 9.70. The van der Waals surface area contributed by atoms with Gasteiger partial charge in [-0.05, 0) is 18.2 Å². The van der Waals surface area contributed by atoms with Crippen LogP contribution in [0, 0.1) is 0 Å². The summed E-state index contributed by atoms with van der Waals surface area (Å²) in [5, 5.41) is 5.09. The molecule has 0 spiro atoms. The number of morpholine rings is 1. The van der Waals surface area contributed by atoms with Crippen LogP contribution in [0.5, 0.6) is 0 Å². The van der Waals surface area contributed by atoms with Crippen LogP contribution in [0.15, 0.2) is 28.7 Å². The second kappa shape index (κ2) is 5.17. The lowest BCUT2D eigenvalue weighted by atomic mass is 10.0. The average Bonchev–Trinajstić information content (AvgIpc) is 2.38. The number of nitrogens with two attached hydrogens (primary N) is 1. The fourth-order valence-corrected chi connectivity index (χ4v) is 2.59. The molecule has 0 amide bonds. The van der Waals surface area contributed by atoms with E-state index in [2.05, 4.69) is 0 Å². The second-order valence-corrected chi connectivity index (χ2v) is 5.66. The van der Waals surface area contributed by atoms with Gasteiger partial charge < -0.3 is 4.74 Å². The van der Waals surface area contributed by atoms with E-state index < -0.39 is 16.1 Å². The fraction of sp³-hybridized carbons (Fsp3) is 0.455. The van der Waals surface area contributed by atoms with E-state index in [1.54, 1.807) is 0 Å². The van der Waals surface area contributed by atoms with Crippen molar-refractivity contribution in [3.63, 3.8) is 0 Å². The van der Waals surface area contributed by atoms with Gasteiger partial charge in [0, 0.05) is 13.1 Å². The standard InChI is InChI=1S/C11H14N2O4S/c12-18(15,16)10-2-1-9(8-14)11(7-10)13-3-5-17-6-4-13/h1-2,7,11H,3-6H2,(H2,12,15,16). The first-order valence-electron chi connectivity index (χ1n) is 5.52. The maximum atomic E-state index is 11.3. The molecular weight excluding hydrogens is 256 g/mol. The van der Waals surface area contributed by atoms with Gasteiger partial charge in [-0.3, -0.25) is 4.90 Å². The van der Waals surface area contributed by atoms with Crippen molar-refractivity contribution in [3.8, 4) is 0 Å². The molecular formula is C11H14N2O4S. The number of hydrogen-bond acceptors (Lipinski definition) is 5. The third-order valence-electron chi connectivity index (χ3n) is 2.95. The number of allylic oxidation sites excluding steroid dienone is 1. The van der Waals surface area contributed by atoms with Gasteiger partial charge in [-0.1, -0.05) is 0 Å². The van der Waals surface area contributed by atoms with E-state index in [1.807, 2.05) is 10.8 Å². The molecule has 1 aliphatic carbocycles. The van der Waals surface area contributed by atoms with Crippen LogP contribution < -0.4 is 5.14 Å². The summed E-state index contributed by atoms with van der Waals surface area (Å²) in [7, 11) is -3.76. The lowest BCUT2D eigenvalue weighted by Crippen LogP contribution is -2.44. The number of sulfonamides is 1. The van der Waals surface area contributed by atoms with Crippen LogP contribution in [0.25, 0.3) is 0 Å². The topological polar surface area (TPSA) is 89.7 Å². The van der Waals surface area contributed by atoms with Crippen LogP contribution >= 0.6 is 0 Å². The molecule has 1 saturated heterocycles. The first-order valence-corrected chi connectivity index (χ1v) is 7.06. The number of ether oxygens (including phenoxy) is 1. The van der Waals surface area contributed by atoms with Crippen molar-refractivity contribution in [2.45, 2.75) is 6.04 Å². The summed E-state index contributed by atoms with van der Waals surface area (Å²) in [6.07, 6.45) is 4.26. The highest BCUT2D eigenvalue weighted by Gasteiger charge is 2.27. The maximum Gasteiger partial charge on any atom is 0.237 e. The first kappa shape index (κ1) is 13.2. The SMILES string of the molecule is NS(=O)(=O)C1=CC(N2CCOCC2)C(=C=O)C=C1. The zero-order valence-corrected chi connectivity index (χ0v) is 10.5. The number of nitrogens with zero attached hydrogens (tertiary/aromatic N) is 1. The molecule has 1 heterocycles. The summed E-state index contributed by atoms with van der Waals surface area (Å²) in [4.78, 5) is 12.9. The van der Waals surface area contributed by atoms with Crippen molar-refractivity contribution in [1.29, 1.82) is 0 Å². The lowest BCUT2D eigenvalue weighted by molar-refractivity contribution is 0.0318. The minimum absolute atomic E-state index is 0.0259. The molecule has 0 saturated carbocycles. The maximum absolute atomic E-state index is 11.3. The van der Waals surface area contributed by atoms with Gasteiger partial charge in [0.05, 0.1) is 29.7 Å². The molecule has 1 fully saturated rings. The lowest BCUT2D eigenvalue weighted by Gasteiger charge is -2.33.